The molecule has 1 nitrogen and oxygen atoms in total. The quantitative estimate of drug-likeness (QED) is 0.442. The van der Waals surface area contributed by atoms with E-state index < -0.39 is 0 Å². The molecule has 0 saturated carbocycles. The van der Waals surface area contributed by atoms with Crippen LogP contribution in [-0.4, -0.2) is 13.1 Å². The topological polar surface area (TPSA) is 11.3 Å². The molecule has 0 spiro atoms. The standard InChI is InChI=1S/C15H12O/c1-16-10-12-9-11-5-4-8-13(11)15-7-3-2-6-14(12)15/h2-7,9H,8H2,1H3. The molecule has 0 saturated heterocycles. The first-order valence-electron chi connectivity index (χ1n) is 5.40. The van der Waals surface area contributed by atoms with Crippen LogP contribution in [0.25, 0.3) is 12.2 Å². The van der Waals surface area contributed by atoms with Crippen LogP contribution in [0.15, 0.2) is 24.3 Å². The van der Waals surface area contributed by atoms with E-state index in [-0.39, 0.29) is 0 Å². The first kappa shape index (κ1) is 9.26. The third-order valence-corrected chi connectivity index (χ3v) is 3.02. The summed E-state index contributed by atoms with van der Waals surface area (Å²) in [6.45, 7) is 0. The molecular weight excluding hydrogens is 196 g/mol. The van der Waals surface area contributed by atoms with Crippen LogP contribution >= 0.6 is 0 Å². The van der Waals surface area contributed by atoms with Crippen molar-refractivity contribution in [1.29, 1.82) is 0 Å². The number of hydrogen-bond acceptors (Lipinski definition) is 0. The molecule has 0 atom stereocenters. The lowest BCUT2D eigenvalue weighted by molar-refractivity contribution is 0.188. The van der Waals surface area contributed by atoms with E-state index in [1.54, 1.807) is 7.11 Å². The highest BCUT2D eigenvalue weighted by Crippen LogP contribution is 2.21. The fraction of sp³-hybridized carbons (Fsp3) is 0.133. The van der Waals surface area contributed by atoms with Crippen LogP contribution in [0, 0.1) is 6.42 Å². The molecule has 2 aliphatic carbocycles. The van der Waals surface area contributed by atoms with Gasteiger partial charge in [0.05, 0.1) is 5.22 Å². The first-order valence-corrected chi connectivity index (χ1v) is 5.40. The van der Waals surface area contributed by atoms with Gasteiger partial charge in [0.1, 0.15) is 0 Å². The molecule has 16 heavy (non-hydrogen) atoms. The summed E-state index contributed by atoms with van der Waals surface area (Å²) in [5.41, 5.74) is 4.01. The van der Waals surface area contributed by atoms with Gasteiger partial charge in [-0.05, 0) is 12.5 Å². The van der Waals surface area contributed by atoms with Crippen LogP contribution in [0.2, 0.25) is 0 Å². The van der Waals surface area contributed by atoms with Gasteiger partial charge in [0.15, 0.2) is 0 Å². The summed E-state index contributed by atoms with van der Waals surface area (Å²) in [5.74, 6) is 2.95. The largest absolute Gasteiger partial charge is 0.342 e. The minimum atomic E-state index is 1.03. The van der Waals surface area contributed by atoms with Gasteiger partial charge in [-0.25, -0.2) is 4.42 Å². The summed E-state index contributed by atoms with van der Waals surface area (Å²) in [5, 5.41) is 2.25. The fourth-order valence-corrected chi connectivity index (χ4v) is 2.33. The van der Waals surface area contributed by atoms with E-state index in [4.69, 9.17) is 4.42 Å². The monoisotopic (exact) mass is 208 g/mol. The average Bonchev–Trinajstić information content (AvgIpc) is 2.78. The molecule has 1 aromatic rings. The van der Waals surface area contributed by atoms with Gasteiger partial charge in [-0.2, -0.15) is 0 Å². The number of allylic oxidation sites excluding steroid dienone is 3. The van der Waals surface area contributed by atoms with Crippen molar-refractivity contribution in [2.75, 3.05) is 7.11 Å². The summed E-state index contributed by atoms with van der Waals surface area (Å²) in [4.78, 5) is 0. The van der Waals surface area contributed by atoms with E-state index in [0.29, 0.717) is 0 Å². The average molecular weight is 208 g/mol. The van der Waals surface area contributed by atoms with Crippen molar-refractivity contribution in [2.24, 2.45) is 0 Å². The Morgan fingerprint density at radius 1 is 1.44 bits per heavy atom. The highest BCUT2D eigenvalue weighted by Gasteiger charge is 2.07. The van der Waals surface area contributed by atoms with Gasteiger partial charge in [0, 0.05) is 0 Å². The molecule has 1 heteroatoms. The molecule has 2 aliphatic rings. The van der Waals surface area contributed by atoms with Gasteiger partial charge >= 0.3 is 5.94 Å². The Labute approximate surface area is 94.4 Å². The highest BCUT2D eigenvalue weighted by atomic mass is 16.3. The van der Waals surface area contributed by atoms with Crippen molar-refractivity contribution in [2.45, 2.75) is 6.42 Å². The Morgan fingerprint density at radius 3 is 3.25 bits per heavy atom. The van der Waals surface area contributed by atoms with Crippen molar-refractivity contribution in [3.8, 4) is 0 Å². The van der Waals surface area contributed by atoms with Gasteiger partial charge in [-0.1, -0.05) is 22.9 Å². The molecule has 0 bridgehead atoms. The predicted molar refractivity (Wildman–Crippen MR) is 66.2 cm³/mol. The minimum absolute atomic E-state index is 1.03. The molecule has 0 aromatic heterocycles. The number of fused-ring (bicyclic) bond motifs is 3. The SMILES string of the molecule is C[O+]=C=c1cc2c(c3c1=CC=C[CH-]3)CC=C2. The third kappa shape index (κ3) is 1.26. The zero-order valence-corrected chi connectivity index (χ0v) is 9.16. The maximum Gasteiger partial charge on any atom is 0.342 e. The molecule has 0 N–H and O–H groups in total. The van der Waals surface area contributed by atoms with E-state index in [2.05, 4.69) is 48.8 Å². The normalized spacial score (nSPS) is 14.6. The smallest absolute Gasteiger partial charge is 0.208 e. The summed E-state index contributed by atoms with van der Waals surface area (Å²) in [6, 6.07) is 2.14. The third-order valence-electron chi connectivity index (χ3n) is 3.02. The number of carbonyl (C=O) groups excluding carboxylic acids is 1. The Balaban J connectivity index is 2.50. The van der Waals surface area contributed by atoms with Crippen LogP contribution in [-0.2, 0) is 10.8 Å². The molecule has 0 heterocycles. The lowest BCUT2D eigenvalue weighted by atomic mass is 9.94. The minimum Gasteiger partial charge on any atom is -0.208 e. The van der Waals surface area contributed by atoms with Gasteiger partial charge in [0.2, 0.25) is 0 Å². The van der Waals surface area contributed by atoms with Gasteiger partial charge in [0.25, 0.3) is 7.11 Å². The van der Waals surface area contributed by atoms with E-state index in [1.165, 1.54) is 21.9 Å². The maximum atomic E-state index is 5.02. The van der Waals surface area contributed by atoms with E-state index in [9.17, 15) is 0 Å². The van der Waals surface area contributed by atoms with Crippen LogP contribution in [0.5, 0.6) is 0 Å². The lowest BCUT2D eigenvalue weighted by Crippen LogP contribution is -2.32. The Bertz CT molecular complexity index is 654. The fourth-order valence-electron chi connectivity index (χ4n) is 2.33. The number of benzene rings is 1. The Hall–Kier alpha value is -1.98. The lowest BCUT2D eigenvalue weighted by Gasteiger charge is -2.17. The Morgan fingerprint density at radius 2 is 2.38 bits per heavy atom. The second kappa shape index (κ2) is 3.55. The first-order chi connectivity index (χ1) is 7.90. The number of rotatable bonds is 0. The molecule has 78 valence electrons. The van der Waals surface area contributed by atoms with Gasteiger partial charge < -0.3 is 0 Å². The van der Waals surface area contributed by atoms with Crippen LogP contribution in [0.4, 0.5) is 0 Å². The zero-order chi connectivity index (χ0) is 11.0. The van der Waals surface area contributed by atoms with Crippen LogP contribution in [0.3, 0.4) is 0 Å². The van der Waals surface area contributed by atoms with Crippen molar-refractivity contribution in [3.63, 3.8) is 0 Å². The molecule has 0 radical (unpaired) electrons. The Kier molecular flexibility index (Phi) is 2.05. The molecule has 0 amide bonds. The van der Waals surface area contributed by atoms with E-state index in [0.717, 1.165) is 11.6 Å². The molecule has 3 rings (SSSR count). The van der Waals surface area contributed by atoms with Crippen molar-refractivity contribution in [1.82, 2.24) is 0 Å². The molecule has 0 unspecified atom stereocenters. The second-order valence-electron chi connectivity index (χ2n) is 3.95. The molecule has 0 aliphatic heterocycles. The van der Waals surface area contributed by atoms with Crippen molar-refractivity contribution in [3.05, 3.63) is 57.8 Å². The summed E-state index contributed by atoms with van der Waals surface area (Å²) < 4.78 is 5.02. The van der Waals surface area contributed by atoms with Gasteiger partial charge in [-0.15, -0.1) is 35.8 Å². The van der Waals surface area contributed by atoms with E-state index >= 15 is 0 Å². The molecule has 1 aromatic carbocycles. The van der Waals surface area contributed by atoms with Crippen molar-refractivity contribution >= 4 is 18.1 Å². The van der Waals surface area contributed by atoms with Crippen LogP contribution in [0.1, 0.15) is 16.7 Å². The number of hydrogen-bond donors (Lipinski definition) is 0. The molecular formula is C15H12O. The summed E-state index contributed by atoms with van der Waals surface area (Å²) in [7, 11) is 1.64. The second-order valence-corrected chi connectivity index (χ2v) is 3.95. The maximum absolute atomic E-state index is 5.02. The zero-order valence-electron chi connectivity index (χ0n) is 9.16. The summed E-state index contributed by atoms with van der Waals surface area (Å²) in [6.07, 6.45) is 13.8. The van der Waals surface area contributed by atoms with Crippen LogP contribution < -0.4 is 10.4 Å². The van der Waals surface area contributed by atoms with Gasteiger partial charge in [-0.3, -0.25) is 0 Å². The van der Waals surface area contributed by atoms with E-state index in [1.807, 2.05) is 0 Å². The molecule has 0 fully saturated rings. The van der Waals surface area contributed by atoms with Crippen molar-refractivity contribution < 1.29 is 4.42 Å². The highest BCUT2D eigenvalue weighted by molar-refractivity contribution is 5.68. The summed E-state index contributed by atoms with van der Waals surface area (Å²) >= 11 is 0. The predicted octanol–water partition coefficient (Wildman–Crippen LogP) is 0.827.